The number of imide groups is 1. The summed E-state index contributed by atoms with van der Waals surface area (Å²) in [5, 5.41) is 16.0. The molecule has 0 bridgehead atoms. The van der Waals surface area contributed by atoms with Crippen LogP contribution in [-0.2, 0) is 4.79 Å². The van der Waals surface area contributed by atoms with Crippen molar-refractivity contribution in [2.45, 2.75) is 12.1 Å². The van der Waals surface area contributed by atoms with Gasteiger partial charge in [0, 0.05) is 6.54 Å². The second kappa shape index (κ2) is 7.50. The molecule has 0 aliphatic carbocycles. The Labute approximate surface area is 129 Å². The number of nitrogens with zero attached hydrogens (tertiary/aromatic N) is 4. The second-order valence-corrected chi connectivity index (χ2v) is 4.99. The standard InChI is InChI=1S/C12H13FN6O2S/c1-2-14-11(21)15-10(20)7-22-12-16-17-18-19(12)9-5-3-4-8(13)6-9/h3-6H,2,7H2,1H3,(H2,14,15,20,21). The SMILES string of the molecule is CCNC(=O)NC(=O)CSc1nnnn1-c1cccc(F)c1. The molecule has 0 spiro atoms. The highest BCUT2D eigenvalue weighted by atomic mass is 32.2. The molecule has 8 nitrogen and oxygen atoms in total. The van der Waals surface area contributed by atoms with Crippen molar-refractivity contribution in [1.82, 2.24) is 30.8 Å². The van der Waals surface area contributed by atoms with Crippen molar-refractivity contribution >= 4 is 23.7 Å². The minimum Gasteiger partial charge on any atom is -0.338 e. The third kappa shape index (κ3) is 4.25. The van der Waals surface area contributed by atoms with E-state index in [1.165, 1.54) is 22.9 Å². The third-order valence-corrected chi connectivity index (χ3v) is 3.34. The zero-order chi connectivity index (χ0) is 15.9. The number of aromatic nitrogens is 4. The molecule has 0 saturated carbocycles. The van der Waals surface area contributed by atoms with Crippen LogP contribution in [0.2, 0.25) is 0 Å². The number of rotatable bonds is 5. The van der Waals surface area contributed by atoms with E-state index < -0.39 is 17.8 Å². The van der Waals surface area contributed by atoms with E-state index in [0.717, 1.165) is 11.8 Å². The lowest BCUT2D eigenvalue weighted by molar-refractivity contribution is -0.117. The van der Waals surface area contributed by atoms with Crippen molar-refractivity contribution in [2.24, 2.45) is 0 Å². The fraction of sp³-hybridized carbons (Fsp3) is 0.250. The van der Waals surface area contributed by atoms with Gasteiger partial charge in [0.2, 0.25) is 11.1 Å². The number of halogens is 1. The number of thioether (sulfide) groups is 1. The molecule has 1 aromatic carbocycles. The normalized spacial score (nSPS) is 10.3. The van der Waals surface area contributed by atoms with E-state index in [0.29, 0.717) is 17.4 Å². The summed E-state index contributed by atoms with van der Waals surface area (Å²) in [7, 11) is 0. The van der Waals surface area contributed by atoms with Gasteiger partial charge >= 0.3 is 6.03 Å². The molecule has 0 atom stereocenters. The van der Waals surface area contributed by atoms with E-state index in [1.807, 2.05) is 0 Å². The molecule has 2 rings (SSSR count). The Morgan fingerprint density at radius 1 is 1.41 bits per heavy atom. The topological polar surface area (TPSA) is 102 Å². The van der Waals surface area contributed by atoms with Crippen LogP contribution >= 0.6 is 11.8 Å². The van der Waals surface area contributed by atoms with Crippen molar-refractivity contribution in [3.8, 4) is 5.69 Å². The smallest absolute Gasteiger partial charge is 0.321 e. The van der Waals surface area contributed by atoms with Crippen LogP contribution in [0.5, 0.6) is 0 Å². The van der Waals surface area contributed by atoms with Crippen molar-refractivity contribution in [1.29, 1.82) is 0 Å². The highest BCUT2D eigenvalue weighted by Gasteiger charge is 2.13. The van der Waals surface area contributed by atoms with Gasteiger partial charge < -0.3 is 5.32 Å². The Morgan fingerprint density at radius 3 is 2.95 bits per heavy atom. The van der Waals surface area contributed by atoms with Crippen molar-refractivity contribution in [2.75, 3.05) is 12.3 Å². The Hall–Kier alpha value is -2.49. The molecule has 116 valence electrons. The summed E-state index contributed by atoms with van der Waals surface area (Å²) in [6, 6.07) is 5.19. The number of carbonyl (C=O) groups is 2. The van der Waals surface area contributed by atoms with Crippen molar-refractivity contribution in [3.05, 3.63) is 30.1 Å². The van der Waals surface area contributed by atoms with Crippen LogP contribution < -0.4 is 10.6 Å². The van der Waals surface area contributed by atoms with Crippen LogP contribution in [0.25, 0.3) is 5.69 Å². The van der Waals surface area contributed by atoms with E-state index in [1.54, 1.807) is 13.0 Å². The molecule has 22 heavy (non-hydrogen) atoms. The molecule has 1 aromatic heterocycles. The summed E-state index contributed by atoms with van der Waals surface area (Å²) in [5.74, 6) is -0.949. The maximum Gasteiger partial charge on any atom is 0.321 e. The van der Waals surface area contributed by atoms with Gasteiger partial charge in [-0.05, 0) is 35.5 Å². The molecule has 0 fully saturated rings. The van der Waals surface area contributed by atoms with Crippen LogP contribution in [0.1, 0.15) is 6.92 Å². The van der Waals surface area contributed by atoms with Gasteiger partial charge in [-0.3, -0.25) is 10.1 Å². The van der Waals surface area contributed by atoms with Gasteiger partial charge in [-0.25, -0.2) is 9.18 Å². The average Bonchev–Trinajstić information content (AvgIpc) is 2.93. The molecule has 2 N–H and O–H groups in total. The lowest BCUT2D eigenvalue weighted by Gasteiger charge is -2.05. The first-order valence-corrected chi connectivity index (χ1v) is 7.33. The molecule has 1 heterocycles. The average molecular weight is 324 g/mol. The molecule has 2 aromatic rings. The lowest BCUT2D eigenvalue weighted by Crippen LogP contribution is -2.40. The lowest BCUT2D eigenvalue weighted by atomic mass is 10.3. The quantitative estimate of drug-likeness (QED) is 0.787. The monoisotopic (exact) mass is 324 g/mol. The zero-order valence-corrected chi connectivity index (χ0v) is 12.4. The third-order valence-electron chi connectivity index (χ3n) is 2.42. The molecule has 0 saturated heterocycles. The van der Waals surface area contributed by atoms with Crippen molar-refractivity contribution in [3.63, 3.8) is 0 Å². The molecule has 0 aliphatic rings. The maximum absolute atomic E-state index is 13.2. The van der Waals surface area contributed by atoms with E-state index in [2.05, 4.69) is 26.2 Å². The van der Waals surface area contributed by atoms with Gasteiger partial charge in [-0.1, -0.05) is 17.8 Å². The molecule has 0 unspecified atom stereocenters. The van der Waals surface area contributed by atoms with Crippen LogP contribution in [-0.4, -0.2) is 44.4 Å². The van der Waals surface area contributed by atoms with E-state index in [9.17, 15) is 14.0 Å². The molecular formula is C12H13FN6O2S. The molecule has 0 aliphatic heterocycles. The second-order valence-electron chi connectivity index (χ2n) is 4.05. The summed E-state index contributed by atoms with van der Waals surface area (Å²) < 4.78 is 14.5. The first-order chi connectivity index (χ1) is 10.6. The predicted molar refractivity (Wildman–Crippen MR) is 77.1 cm³/mol. The van der Waals surface area contributed by atoms with Gasteiger partial charge in [-0.15, -0.1) is 5.10 Å². The summed E-state index contributed by atoms with van der Waals surface area (Å²) >= 11 is 1.03. The van der Waals surface area contributed by atoms with E-state index in [4.69, 9.17) is 0 Å². The summed E-state index contributed by atoms with van der Waals surface area (Å²) in [4.78, 5) is 22.8. The first-order valence-electron chi connectivity index (χ1n) is 6.35. The number of carbonyl (C=O) groups excluding carboxylic acids is 2. The van der Waals surface area contributed by atoms with E-state index >= 15 is 0 Å². The van der Waals surface area contributed by atoms with Crippen LogP contribution in [0.3, 0.4) is 0 Å². The van der Waals surface area contributed by atoms with Crippen molar-refractivity contribution < 1.29 is 14.0 Å². The summed E-state index contributed by atoms with van der Waals surface area (Å²) in [6.45, 7) is 2.16. The number of hydrogen-bond donors (Lipinski definition) is 2. The fourth-order valence-corrected chi connectivity index (χ4v) is 2.23. The van der Waals surface area contributed by atoms with Gasteiger partial charge in [0.05, 0.1) is 11.4 Å². The predicted octanol–water partition coefficient (Wildman–Crippen LogP) is 0.739. The summed E-state index contributed by atoms with van der Waals surface area (Å²) in [5.41, 5.74) is 0.441. The number of benzene rings is 1. The highest BCUT2D eigenvalue weighted by molar-refractivity contribution is 7.99. The summed E-state index contributed by atoms with van der Waals surface area (Å²) in [6.07, 6.45) is 0. The minimum absolute atomic E-state index is 0.0488. The number of hydrogen-bond acceptors (Lipinski definition) is 6. The molecular weight excluding hydrogens is 311 g/mol. The zero-order valence-electron chi connectivity index (χ0n) is 11.6. The van der Waals surface area contributed by atoms with Gasteiger partial charge in [0.15, 0.2) is 0 Å². The van der Waals surface area contributed by atoms with Crippen LogP contribution in [0, 0.1) is 5.82 Å². The first kappa shape index (κ1) is 15.9. The van der Waals surface area contributed by atoms with Gasteiger partial charge in [0.1, 0.15) is 5.82 Å². The molecule has 0 radical (unpaired) electrons. The van der Waals surface area contributed by atoms with Crippen LogP contribution in [0.4, 0.5) is 9.18 Å². The molecule has 3 amide bonds. The fourth-order valence-electron chi connectivity index (χ4n) is 1.54. The number of nitrogens with one attached hydrogen (secondary N) is 2. The highest BCUT2D eigenvalue weighted by Crippen LogP contribution is 2.18. The Kier molecular flexibility index (Phi) is 5.42. The largest absolute Gasteiger partial charge is 0.338 e. The minimum atomic E-state index is -0.558. The van der Waals surface area contributed by atoms with Crippen LogP contribution in [0.15, 0.2) is 29.4 Å². The maximum atomic E-state index is 13.2. The Morgan fingerprint density at radius 2 is 2.23 bits per heavy atom. The van der Waals surface area contributed by atoms with Gasteiger partial charge in [0.25, 0.3) is 0 Å². The van der Waals surface area contributed by atoms with E-state index in [-0.39, 0.29) is 5.75 Å². The number of amides is 3. The Bertz CT molecular complexity index is 677. The Balaban J connectivity index is 1.99. The number of urea groups is 1. The molecule has 10 heteroatoms. The number of tetrazole rings is 1. The van der Waals surface area contributed by atoms with Gasteiger partial charge in [-0.2, -0.15) is 4.68 Å².